The molecular formula is C18H27NO. The lowest BCUT2D eigenvalue weighted by Gasteiger charge is -2.38. The highest BCUT2D eigenvalue weighted by molar-refractivity contribution is 5.29. The first-order valence-corrected chi connectivity index (χ1v) is 8.23. The van der Waals surface area contributed by atoms with Gasteiger partial charge in [0.15, 0.2) is 0 Å². The van der Waals surface area contributed by atoms with Crippen LogP contribution in [0.25, 0.3) is 0 Å². The Balaban J connectivity index is 1.61. The summed E-state index contributed by atoms with van der Waals surface area (Å²) < 4.78 is 0. The van der Waals surface area contributed by atoms with Crippen LogP contribution < -0.4 is 0 Å². The van der Waals surface area contributed by atoms with Gasteiger partial charge in [0.1, 0.15) is 0 Å². The molecule has 0 bridgehead atoms. The fourth-order valence-electron chi connectivity index (χ4n) is 3.95. The van der Waals surface area contributed by atoms with Crippen LogP contribution in [0.3, 0.4) is 0 Å². The molecule has 2 aliphatic rings. The van der Waals surface area contributed by atoms with Crippen molar-refractivity contribution < 1.29 is 5.11 Å². The number of aliphatic hydroxyl groups excluding tert-OH is 1. The van der Waals surface area contributed by atoms with Crippen LogP contribution in [0.1, 0.15) is 43.7 Å². The summed E-state index contributed by atoms with van der Waals surface area (Å²) >= 11 is 0. The predicted molar refractivity (Wildman–Crippen MR) is 82.6 cm³/mol. The maximum absolute atomic E-state index is 10.3. The summed E-state index contributed by atoms with van der Waals surface area (Å²) in [6.07, 6.45) is 5.80. The molecule has 1 aliphatic carbocycles. The van der Waals surface area contributed by atoms with Gasteiger partial charge < -0.3 is 5.11 Å². The molecule has 1 aromatic rings. The third-order valence-electron chi connectivity index (χ3n) is 5.33. The first-order valence-electron chi connectivity index (χ1n) is 8.23. The molecule has 0 aromatic heterocycles. The molecule has 1 heterocycles. The molecule has 2 heteroatoms. The van der Waals surface area contributed by atoms with E-state index in [-0.39, 0.29) is 6.10 Å². The van der Waals surface area contributed by atoms with Crippen LogP contribution in [-0.2, 0) is 13.0 Å². The van der Waals surface area contributed by atoms with Gasteiger partial charge in [0.2, 0.25) is 0 Å². The molecule has 1 aliphatic heterocycles. The molecule has 0 amide bonds. The number of benzene rings is 1. The van der Waals surface area contributed by atoms with Crippen LogP contribution in [0.2, 0.25) is 0 Å². The van der Waals surface area contributed by atoms with Gasteiger partial charge in [0.25, 0.3) is 0 Å². The van der Waals surface area contributed by atoms with Gasteiger partial charge in [-0.3, -0.25) is 4.90 Å². The van der Waals surface area contributed by atoms with Crippen molar-refractivity contribution in [3.05, 3.63) is 35.4 Å². The van der Waals surface area contributed by atoms with E-state index in [1.165, 1.54) is 30.4 Å². The largest absolute Gasteiger partial charge is 0.393 e. The average molecular weight is 273 g/mol. The number of rotatable bonds is 3. The smallest absolute Gasteiger partial charge is 0.0580 e. The molecule has 1 saturated carbocycles. The van der Waals surface area contributed by atoms with Gasteiger partial charge in [-0.2, -0.15) is 0 Å². The summed E-state index contributed by atoms with van der Waals surface area (Å²) in [5.41, 5.74) is 3.00. The molecular weight excluding hydrogens is 246 g/mol. The zero-order valence-electron chi connectivity index (χ0n) is 12.6. The lowest BCUT2D eigenvalue weighted by Crippen LogP contribution is -2.41. The van der Waals surface area contributed by atoms with E-state index >= 15 is 0 Å². The van der Waals surface area contributed by atoms with Crippen LogP contribution in [-0.4, -0.2) is 29.2 Å². The standard InChI is InChI=1S/C18H27NO/c1-2-14-7-8-18(20)17(11-14)13-19-10-9-15-5-3-4-6-16(15)12-19/h3-6,14,17-18,20H,2,7-13H2,1H3. The fourth-order valence-corrected chi connectivity index (χ4v) is 3.95. The predicted octanol–water partition coefficient (Wildman–Crippen LogP) is 3.23. The zero-order chi connectivity index (χ0) is 13.9. The van der Waals surface area contributed by atoms with Crippen LogP contribution in [0.15, 0.2) is 24.3 Å². The van der Waals surface area contributed by atoms with Crippen LogP contribution in [0.4, 0.5) is 0 Å². The van der Waals surface area contributed by atoms with Crippen molar-refractivity contribution in [3.63, 3.8) is 0 Å². The van der Waals surface area contributed by atoms with Crippen molar-refractivity contribution in [2.24, 2.45) is 11.8 Å². The van der Waals surface area contributed by atoms with Crippen LogP contribution in [0, 0.1) is 11.8 Å². The highest BCUT2D eigenvalue weighted by Crippen LogP contribution is 2.32. The van der Waals surface area contributed by atoms with E-state index in [1.54, 1.807) is 0 Å². The van der Waals surface area contributed by atoms with Crippen molar-refractivity contribution >= 4 is 0 Å². The minimum absolute atomic E-state index is 0.0741. The van der Waals surface area contributed by atoms with E-state index in [0.717, 1.165) is 38.4 Å². The second kappa shape index (κ2) is 6.28. The molecule has 3 atom stereocenters. The summed E-state index contributed by atoms with van der Waals surface area (Å²) in [6.45, 7) is 5.58. The first kappa shape index (κ1) is 14.1. The van der Waals surface area contributed by atoms with Crippen molar-refractivity contribution in [1.29, 1.82) is 0 Å². The highest BCUT2D eigenvalue weighted by atomic mass is 16.3. The molecule has 0 saturated heterocycles. The van der Waals surface area contributed by atoms with Gasteiger partial charge in [-0.05, 0) is 48.6 Å². The van der Waals surface area contributed by atoms with Gasteiger partial charge in [0, 0.05) is 19.6 Å². The maximum Gasteiger partial charge on any atom is 0.0580 e. The molecule has 1 aromatic carbocycles. The van der Waals surface area contributed by atoms with Gasteiger partial charge in [-0.25, -0.2) is 0 Å². The number of fused-ring (bicyclic) bond motifs is 1. The Hall–Kier alpha value is -0.860. The molecule has 3 unspecified atom stereocenters. The molecule has 1 N–H and O–H groups in total. The topological polar surface area (TPSA) is 23.5 Å². The molecule has 2 nitrogen and oxygen atoms in total. The molecule has 20 heavy (non-hydrogen) atoms. The minimum atomic E-state index is -0.0741. The summed E-state index contributed by atoms with van der Waals surface area (Å²) in [4.78, 5) is 2.55. The van der Waals surface area contributed by atoms with E-state index in [4.69, 9.17) is 0 Å². The molecule has 0 radical (unpaired) electrons. The molecule has 0 spiro atoms. The first-order chi connectivity index (χ1) is 9.76. The van der Waals surface area contributed by atoms with Crippen molar-refractivity contribution in [1.82, 2.24) is 4.90 Å². The quantitative estimate of drug-likeness (QED) is 0.914. The van der Waals surface area contributed by atoms with Crippen LogP contribution in [0.5, 0.6) is 0 Å². The zero-order valence-corrected chi connectivity index (χ0v) is 12.6. The molecule has 110 valence electrons. The Morgan fingerprint density at radius 3 is 2.80 bits per heavy atom. The van der Waals surface area contributed by atoms with Gasteiger partial charge >= 0.3 is 0 Å². The summed E-state index contributed by atoms with van der Waals surface area (Å²) in [5, 5.41) is 10.3. The number of hydrogen-bond donors (Lipinski definition) is 1. The number of nitrogens with zero attached hydrogens (tertiary/aromatic N) is 1. The second-order valence-corrected chi connectivity index (χ2v) is 6.67. The Labute approximate surface area is 122 Å². The Morgan fingerprint density at radius 2 is 2.00 bits per heavy atom. The van der Waals surface area contributed by atoms with Crippen LogP contribution >= 0.6 is 0 Å². The maximum atomic E-state index is 10.3. The van der Waals surface area contributed by atoms with E-state index in [9.17, 15) is 5.11 Å². The van der Waals surface area contributed by atoms with E-state index in [0.29, 0.717) is 5.92 Å². The van der Waals surface area contributed by atoms with Gasteiger partial charge in [-0.1, -0.05) is 37.6 Å². The summed E-state index contributed by atoms with van der Waals surface area (Å²) in [6, 6.07) is 8.80. The summed E-state index contributed by atoms with van der Waals surface area (Å²) in [5.74, 6) is 1.32. The normalized spacial score (nSPS) is 31.0. The van der Waals surface area contributed by atoms with Gasteiger partial charge in [-0.15, -0.1) is 0 Å². The third kappa shape index (κ3) is 3.07. The number of hydrogen-bond acceptors (Lipinski definition) is 2. The lowest BCUT2D eigenvalue weighted by molar-refractivity contribution is 0.0242. The third-order valence-corrected chi connectivity index (χ3v) is 5.33. The van der Waals surface area contributed by atoms with E-state index < -0.39 is 0 Å². The van der Waals surface area contributed by atoms with E-state index in [2.05, 4.69) is 36.1 Å². The lowest BCUT2D eigenvalue weighted by atomic mass is 9.78. The Kier molecular flexibility index (Phi) is 4.42. The average Bonchev–Trinajstić information content (AvgIpc) is 2.49. The fraction of sp³-hybridized carbons (Fsp3) is 0.667. The molecule has 1 fully saturated rings. The van der Waals surface area contributed by atoms with Gasteiger partial charge in [0.05, 0.1) is 6.10 Å². The second-order valence-electron chi connectivity index (χ2n) is 6.67. The highest BCUT2D eigenvalue weighted by Gasteiger charge is 2.30. The molecule has 3 rings (SSSR count). The Morgan fingerprint density at radius 1 is 1.20 bits per heavy atom. The summed E-state index contributed by atoms with van der Waals surface area (Å²) in [7, 11) is 0. The Bertz CT molecular complexity index is 445. The number of aliphatic hydroxyl groups is 1. The SMILES string of the molecule is CCC1CCC(O)C(CN2CCc3ccccc3C2)C1. The van der Waals surface area contributed by atoms with Crippen molar-refractivity contribution in [2.45, 2.75) is 51.7 Å². The van der Waals surface area contributed by atoms with Crippen molar-refractivity contribution in [3.8, 4) is 0 Å². The van der Waals surface area contributed by atoms with Crippen molar-refractivity contribution in [2.75, 3.05) is 13.1 Å². The van der Waals surface area contributed by atoms with E-state index in [1.807, 2.05) is 0 Å². The monoisotopic (exact) mass is 273 g/mol. The minimum Gasteiger partial charge on any atom is -0.393 e.